The summed E-state index contributed by atoms with van der Waals surface area (Å²) in [6.07, 6.45) is 3.70. The van der Waals surface area contributed by atoms with Crippen molar-refractivity contribution in [3.05, 3.63) is 29.8 Å². The normalized spacial score (nSPS) is 31.2. The lowest BCUT2D eigenvalue weighted by molar-refractivity contribution is -0.163. The fourth-order valence-corrected chi connectivity index (χ4v) is 3.25. The highest BCUT2D eigenvalue weighted by atomic mass is 16.6. The molecule has 2 aliphatic rings. The van der Waals surface area contributed by atoms with E-state index in [2.05, 4.69) is 5.32 Å². The Balaban J connectivity index is 1.84. The van der Waals surface area contributed by atoms with Crippen LogP contribution < -0.4 is 10.1 Å². The van der Waals surface area contributed by atoms with E-state index in [1.54, 1.807) is 0 Å². The molecule has 114 valence electrons. The Morgan fingerprint density at radius 2 is 2.14 bits per heavy atom. The average molecular weight is 289 g/mol. The number of hydrogen-bond donors (Lipinski definition) is 1. The molecule has 1 aromatic carbocycles. The SMILES string of the molecule is Cc1cccc(OC2CCCCC23NC(=O)C(C)(C)O3)c1. The van der Waals surface area contributed by atoms with Crippen LogP contribution in [0.1, 0.15) is 45.1 Å². The van der Waals surface area contributed by atoms with Crippen LogP contribution in [0.4, 0.5) is 0 Å². The van der Waals surface area contributed by atoms with Crippen molar-refractivity contribution in [2.75, 3.05) is 0 Å². The van der Waals surface area contributed by atoms with E-state index in [0.717, 1.165) is 37.0 Å². The third-order valence-electron chi connectivity index (χ3n) is 4.36. The highest BCUT2D eigenvalue weighted by Crippen LogP contribution is 2.40. The zero-order chi connectivity index (χ0) is 15.1. The molecule has 2 fully saturated rings. The molecule has 0 bridgehead atoms. The van der Waals surface area contributed by atoms with Gasteiger partial charge in [0.05, 0.1) is 0 Å². The number of benzene rings is 1. The lowest BCUT2D eigenvalue weighted by Gasteiger charge is -2.40. The van der Waals surface area contributed by atoms with Crippen LogP contribution in [-0.4, -0.2) is 23.3 Å². The Labute approximate surface area is 125 Å². The lowest BCUT2D eigenvalue weighted by Crippen LogP contribution is -2.56. The number of carbonyl (C=O) groups is 1. The van der Waals surface area contributed by atoms with Gasteiger partial charge in [0.25, 0.3) is 5.91 Å². The molecule has 4 nitrogen and oxygen atoms in total. The smallest absolute Gasteiger partial charge is 0.254 e. The second kappa shape index (κ2) is 5.02. The molecule has 1 saturated carbocycles. The van der Waals surface area contributed by atoms with Crippen molar-refractivity contribution in [1.29, 1.82) is 0 Å². The quantitative estimate of drug-likeness (QED) is 0.910. The third kappa shape index (κ3) is 2.64. The van der Waals surface area contributed by atoms with Crippen LogP contribution in [0.25, 0.3) is 0 Å². The number of amides is 1. The highest BCUT2D eigenvalue weighted by molar-refractivity contribution is 5.86. The maximum absolute atomic E-state index is 12.1. The Kier molecular flexibility index (Phi) is 3.44. The first kappa shape index (κ1) is 14.4. The number of aryl methyl sites for hydroxylation is 1. The van der Waals surface area contributed by atoms with Crippen molar-refractivity contribution in [2.24, 2.45) is 0 Å². The molecule has 1 heterocycles. The van der Waals surface area contributed by atoms with Crippen molar-refractivity contribution < 1.29 is 14.3 Å². The van der Waals surface area contributed by atoms with E-state index >= 15 is 0 Å². The van der Waals surface area contributed by atoms with Crippen molar-refractivity contribution in [1.82, 2.24) is 5.32 Å². The Bertz CT molecular complexity index is 555. The fraction of sp³-hybridized carbons (Fsp3) is 0.588. The van der Waals surface area contributed by atoms with Crippen LogP contribution in [0.5, 0.6) is 5.75 Å². The summed E-state index contributed by atoms with van der Waals surface area (Å²) >= 11 is 0. The van der Waals surface area contributed by atoms with Crippen LogP contribution >= 0.6 is 0 Å². The predicted molar refractivity (Wildman–Crippen MR) is 80.1 cm³/mol. The summed E-state index contributed by atoms with van der Waals surface area (Å²) in [5, 5.41) is 3.06. The molecule has 1 aliphatic heterocycles. The second-order valence-electron chi connectivity index (χ2n) is 6.62. The predicted octanol–water partition coefficient (Wildman–Crippen LogP) is 2.94. The molecular formula is C17H23NO3. The van der Waals surface area contributed by atoms with Crippen molar-refractivity contribution in [3.8, 4) is 5.75 Å². The van der Waals surface area contributed by atoms with Crippen molar-refractivity contribution >= 4 is 5.91 Å². The van der Waals surface area contributed by atoms with Gasteiger partial charge < -0.3 is 14.8 Å². The molecule has 4 heteroatoms. The van der Waals surface area contributed by atoms with E-state index < -0.39 is 11.3 Å². The summed E-state index contributed by atoms with van der Waals surface area (Å²) in [4.78, 5) is 12.1. The Morgan fingerprint density at radius 1 is 1.33 bits per heavy atom. The molecular weight excluding hydrogens is 266 g/mol. The van der Waals surface area contributed by atoms with Gasteiger partial charge in [-0.1, -0.05) is 12.1 Å². The van der Waals surface area contributed by atoms with Crippen LogP contribution in [-0.2, 0) is 9.53 Å². The van der Waals surface area contributed by atoms with Gasteiger partial charge in [-0.15, -0.1) is 0 Å². The molecule has 21 heavy (non-hydrogen) atoms. The maximum Gasteiger partial charge on any atom is 0.254 e. The van der Waals surface area contributed by atoms with E-state index in [9.17, 15) is 4.79 Å². The van der Waals surface area contributed by atoms with Gasteiger partial charge in [0.1, 0.15) is 17.5 Å². The maximum atomic E-state index is 12.1. The van der Waals surface area contributed by atoms with E-state index in [0.29, 0.717) is 0 Å². The molecule has 3 rings (SSSR count). The minimum absolute atomic E-state index is 0.0535. The number of ether oxygens (including phenoxy) is 2. The van der Waals surface area contributed by atoms with Gasteiger partial charge in [0.2, 0.25) is 0 Å². The van der Waals surface area contributed by atoms with E-state index in [4.69, 9.17) is 9.47 Å². The van der Waals surface area contributed by atoms with Gasteiger partial charge in [0, 0.05) is 0 Å². The van der Waals surface area contributed by atoms with Gasteiger partial charge >= 0.3 is 0 Å². The second-order valence-corrected chi connectivity index (χ2v) is 6.62. The Morgan fingerprint density at radius 3 is 2.81 bits per heavy atom. The van der Waals surface area contributed by atoms with E-state index in [1.807, 2.05) is 45.0 Å². The Hall–Kier alpha value is -1.55. The van der Waals surface area contributed by atoms with Gasteiger partial charge in [-0.05, 0) is 64.2 Å². The molecule has 1 N–H and O–H groups in total. The molecule has 0 aromatic heterocycles. The van der Waals surface area contributed by atoms with Crippen molar-refractivity contribution in [3.63, 3.8) is 0 Å². The summed E-state index contributed by atoms with van der Waals surface area (Å²) in [5.74, 6) is 0.783. The highest BCUT2D eigenvalue weighted by Gasteiger charge is 2.56. The van der Waals surface area contributed by atoms with Gasteiger partial charge in [-0.3, -0.25) is 4.79 Å². The van der Waals surface area contributed by atoms with Crippen molar-refractivity contribution in [2.45, 2.75) is 63.9 Å². The minimum Gasteiger partial charge on any atom is -0.485 e. The standard InChI is InChI=1S/C17H23NO3/c1-12-7-6-8-13(11-12)20-14-9-4-5-10-17(14)18-15(19)16(2,3)21-17/h6-8,11,14H,4-5,9-10H2,1-3H3,(H,18,19). The zero-order valence-electron chi connectivity index (χ0n) is 12.9. The summed E-state index contributed by atoms with van der Waals surface area (Å²) in [5.41, 5.74) is -0.303. The first-order chi connectivity index (χ1) is 9.91. The monoisotopic (exact) mass is 289 g/mol. The summed E-state index contributed by atoms with van der Waals surface area (Å²) in [6, 6.07) is 8.00. The first-order valence-corrected chi connectivity index (χ1v) is 7.67. The molecule has 1 saturated heterocycles. The fourth-order valence-electron chi connectivity index (χ4n) is 3.25. The molecule has 2 unspecified atom stereocenters. The number of rotatable bonds is 2. The summed E-state index contributed by atoms with van der Waals surface area (Å²) in [6.45, 7) is 5.67. The molecule has 1 spiro atoms. The largest absolute Gasteiger partial charge is 0.485 e. The molecule has 1 aromatic rings. The lowest BCUT2D eigenvalue weighted by atomic mass is 9.88. The van der Waals surface area contributed by atoms with E-state index in [1.165, 1.54) is 0 Å². The minimum atomic E-state index is -0.786. The van der Waals surface area contributed by atoms with E-state index in [-0.39, 0.29) is 12.0 Å². The molecule has 0 radical (unpaired) electrons. The van der Waals surface area contributed by atoms with Gasteiger partial charge in [-0.2, -0.15) is 0 Å². The average Bonchev–Trinajstić information content (AvgIpc) is 2.63. The van der Waals surface area contributed by atoms with Crippen LogP contribution in [0, 0.1) is 6.92 Å². The summed E-state index contributed by atoms with van der Waals surface area (Å²) in [7, 11) is 0. The topological polar surface area (TPSA) is 47.6 Å². The number of carbonyl (C=O) groups excluding carboxylic acids is 1. The van der Waals surface area contributed by atoms with Gasteiger partial charge in [0.15, 0.2) is 5.72 Å². The first-order valence-electron chi connectivity index (χ1n) is 7.67. The van der Waals surface area contributed by atoms with Crippen LogP contribution in [0.15, 0.2) is 24.3 Å². The van der Waals surface area contributed by atoms with Crippen LogP contribution in [0.2, 0.25) is 0 Å². The summed E-state index contributed by atoms with van der Waals surface area (Å²) < 4.78 is 12.3. The molecule has 1 aliphatic carbocycles. The molecule has 2 atom stereocenters. The number of hydrogen-bond acceptors (Lipinski definition) is 3. The molecule has 1 amide bonds. The van der Waals surface area contributed by atoms with Crippen LogP contribution in [0.3, 0.4) is 0 Å². The third-order valence-corrected chi connectivity index (χ3v) is 4.36. The van der Waals surface area contributed by atoms with Gasteiger partial charge in [-0.25, -0.2) is 0 Å². The number of nitrogens with one attached hydrogen (secondary N) is 1. The zero-order valence-corrected chi connectivity index (χ0v) is 12.9.